The van der Waals surface area contributed by atoms with Crippen molar-refractivity contribution in [3.05, 3.63) is 48.0 Å². The van der Waals surface area contributed by atoms with Crippen LogP contribution < -0.4 is 0 Å². The van der Waals surface area contributed by atoms with Crippen molar-refractivity contribution in [2.45, 2.75) is 48.7 Å². The molecule has 1 N–H and O–H groups in total. The predicted octanol–water partition coefficient (Wildman–Crippen LogP) is 4.59. The highest BCUT2D eigenvalue weighted by molar-refractivity contribution is 8.00. The summed E-state index contributed by atoms with van der Waals surface area (Å²) in [5.41, 5.74) is 2.45. The van der Waals surface area contributed by atoms with Crippen LogP contribution in [-0.4, -0.2) is 34.5 Å². The number of thioether (sulfide) groups is 1. The number of hydrogen-bond donors (Lipinski definition) is 1. The molecule has 3 nitrogen and oxygen atoms in total. The standard InChI is InChI=1S/C21H25NO2S/c1-3-18(22-24-2)20-17(11-16-12-19(23)21(20)25-16)15-9-8-13-6-4-5-7-14(13)10-15/h4-10,16-17,19-21,23H,3,11-12H2,1-2H3/t16?,17-,19?,20-,21-/m1/s1. The van der Waals surface area contributed by atoms with E-state index >= 15 is 0 Å². The lowest BCUT2D eigenvalue weighted by molar-refractivity contribution is 0.162. The van der Waals surface area contributed by atoms with E-state index in [9.17, 15) is 5.11 Å². The second-order valence-electron chi connectivity index (χ2n) is 7.12. The van der Waals surface area contributed by atoms with Gasteiger partial charge in [0.1, 0.15) is 7.11 Å². The van der Waals surface area contributed by atoms with Crippen LogP contribution in [0.25, 0.3) is 10.8 Å². The van der Waals surface area contributed by atoms with Gasteiger partial charge in [0.25, 0.3) is 0 Å². The fourth-order valence-corrected chi connectivity index (χ4v) is 6.47. The van der Waals surface area contributed by atoms with Crippen molar-refractivity contribution in [3.63, 3.8) is 0 Å². The summed E-state index contributed by atoms with van der Waals surface area (Å²) in [7, 11) is 1.62. The summed E-state index contributed by atoms with van der Waals surface area (Å²) in [5, 5.41) is 18.3. The Labute approximate surface area is 153 Å². The highest BCUT2D eigenvalue weighted by Crippen LogP contribution is 2.53. The van der Waals surface area contributed by atoms with E-state index in [0.717, 1.165) is 25.0 Å². The lowest BCUT2D eigenvalue weighted by Gasteiger charge is -2.37. The summed E-state index contributed by atoms with van der Waals surface area (Å²) in [6.07, 6.45) is 2.63. The van der Waals surface area contributed by atoms with Crippen molar-refractivity contribution in [2.75, 3.05) is 7.11 Å². The van der Waals surface area contributed by atoms with Gasteiger partial charge in [0.2, 0.25) is 0 Å². The molecule has 0 aliphatic carbocycles. The van der Waals surface area contributed by atoms with Crippen LogP contribution >= 0.6 is 11.8 Å². The van der Waals surface area contributed by atoms with E-state index in [1.807, 2.05) is 11.8 Å². The van der Waals surface area contributed by atoms with Crippen molar-refractivity contribution in [1.82, 2.24) is 0 Å². The van der Waals surface area contributed by atoms with Gasteiger partial charge in [-0.25, -0.2) is 0 Å². The number of fused-ring (bicyclic) bond motifs is 3. The van der Waals surface area contributed by atoms with Crippen LogP contribution in [0.5, 0.6) is 0 Å². The molecule has 0 spiro atoms. The Morgan fingerprint density at radius 1 is 1.20 bits per heavy atom. The van der Waals surface area contributed by atoms with Crippen molar-refractivity contribution in [1.29, 1.82) is 0 Å². The number of oxime groups is 1. The third kappa shape index (κ3) is 3.06. The lowest BCUT2D eigenvalue weighted by atomic mass is 9.77. The van der Waals surface area contributed by atoms with Crippen molar-refractivity contribution in [2.24, 2.45) is 11.1 Å². The molecule has 4 heteroatoms. The predicted molar refractivity (Wildman–Crippen MR) is 105 cm³/mol. The quantitative estimate of drug-likeness (QED) is 0.644. The van der Waals surface area contributed by atoms with E-state index in [4.69, 9.17) is 4.84 Å². The van der Waals surface area contributed by atoms with Gasteiger partial charge in [0, 0.05) is 16.4 Å². The monoisotopic (exact) mass is 355 g/mol. The van der Waals surface area contributed by atoms with Crippen LogP contribution in [0, 0.1) is 5.92 Å². The van der Waals surface area contributed by atoms with E-state index in [1.165, 1.54) is 16.3 Å². The zero-order chi connectivity index (χ0) is 17.4. The number of benzene rings is 2. The van der Waals surface area contributed by atoms with Gasteiger partial charge in [0.05, 0.1) is 11.8 Å². The minimum absolute atomic E-state index is 0.226. The average Bonchev–Trinajstić information content (AvgIpc) is 2.94. The van der Waals surface area contributed by atoms with E-state index in [1.54, 1.807) is 7.11 Å². The highest BCUT2D eigenvalue weighted by atomic mass is 32.2. The summed E-state index contributed by atoms with van der Waals surface area (Å²) < 4.78 is 0. The molecule has 2 saturated heterocycles. The molecule has 5 atom stereocenters. The molecular weight excluding hydrogens is 330 g/mol. The van der Waals surface area contributed by atoms with E-state index < -0.39 is 0 Å². The van der Waals surface area contributed by atoms with Crippen molar-refractivity contribution < 1.29 is 9.94 Å². The van der Waals surface area contributed by atoms with E-state index in [0.29, 0.717) is 11.2 Å². The second kappa shape index (κ2) is 7.00. The minimum atomic E-state index is -0.237. The molecule has 2 aromatic rings. The van der Waals surface area contributed by atoms with Gasteiger partial charge in [0.15, 0.2) is 0 Å². The van der Waals surface area contributed by atoms with E-state index in [2.05, 4.69) is 54.5 Å². The van der Waals surface area contributed by atoms with E-state index in [-0.39, 0.29) is 17.3 Å². The number of aliphatic hydroxyl groups excluding tert-OH is 1. The molecule has 4 rings (SSSR count). The molecule has 2 heterocycles. The number of hydrogen-bond acceptors (Lipinski definition) is 4. The third-order valence-electron chi connectivity index (χ3n) is 5.69. The molecule has 0 saturated carbocycles. The lowest BCUT2D eigenvalue weighted by Crippen LogP contribution is -2.38. The summed E-state index contributed by atoms with van der Waals surface area (Å²) in [6, 6.07) is 15.3. The SMILES string of the molecule is CCC(=NOC)[C@H]1[C@@H](c2ccc3ccccc3c2)CC2CC(O)[C@H]1S2. The zero-order valence-electron chi connectivity index (χ0n) is 14.8. The molecule has 2 aliphatic heterocycles. The molecule has 0 aromatic heterocycles. The summed E-state index contributed by atoms with van der Waals surface area (Å²) >= 11 is 1.95. The first-order valence-corrected chi connectivity index (χ1v) is 10.1. The molecule has 0 radical (unpaired) electrons. The first-order chi connectivity index (χ1) is 12.2. The molecule has 2 fully saturated rings. The Hall–Kier alpha value is -1.52. The van der Waals surface area contributed by atoms with Gasteiger partial charge in [-0.05, 0) is 41.5 Å². The fraction of sp³-hybridized carbons (Fsp3) is 0.476. The van der Waals surface area contributed by atoms with Gasteiger partial charge in [-0.1, -0.05) is 54.5 Å². The summed E-state index contributed by atoms with van der Waals surface area (Å²) in [6.45, 7) is 2.13. The first kappa shape index (κ1) is 16.9. The van der Waals surface area contributed by atoms with Gasteiger partial charge in [-0.15, -0.1) is 0 Å². The van der Waals surface area contributed by atoms with Crippen LogP contribution in [0.15, 0.2) is 47.6 Å². The molecule has 2 aliphatic rings. The topological polar surface area (TPSA) is 41.8 Å². The maximum Gasteiger partial charge on any atom is 0.106 e. The average molecular weight is 356 g/mol. The first-order valence-electron chi connectivity index (χ1n) is 9.13. The summed E-state index contributed by atoms with van der Waals surface area (Å²) in [4.78, 5) is 5.14. The zero-order valence-corrected chi connectivity index (χ0v) is 15.6. The summed E-state index contributed by atoms with van der Waals surface area (Å²) in [5.74, 6) is 0.636. The van der Waals surface area contributed by atoms with Crippen molar-refractivity contribution >= 4 is 28.2 Å². The highest BCUT2D eigenvalue weighted by Gasteiger charge is 2.49. The van der Waals surface area contributed by atoms with Gasteiger partial charge in [-0.3, -0.25) is 0 Å². The van der Waals surface area contributed by atoms with Crippen LogP contribution in [0.3, 0.4) is 0 Å². The molecular formula is C21H25NO2S. The molecule has 0 amide bonds. The maximum absolute atomic E-state index is 10.6. The smallest absolute Gasteiger partial charge is 0.106 e. The normalized spacial score (nSPS) is 32.1. The number of aliphatic hydroxyl groups is 1. The Morgan fingerprint density at radius 3 is 2.76 bits per heavy atom. The minimum Gasteiger partial charge on any atom is -0.399 e. The van der Waals surface area contributed by atoms with Crippen LogP contribution in [0.4, 0.5) is 0 Å². The fourth-order valence-electron chi connectivity index (χ4n) is 4.59. The van der Waals surface area contributed by atoms with Crippen LogP contribution in [-0.2, 0) is 4.84 Å². The molecule has 2 aromatic carbocycles. The van der Waals surface area contributed by atoms with Gasteiger partial charge >= 0.3 is 0 Å². The van der Waals surface area contributed by atoms with Gasteiger partial charge < -0.3 is 9.94 Å². The second-order valence-corrected chi connectivity index (χ2v) is 8.60. The molecule has 25 heavy (non-hydrogen) atoms. The van der Waals surface area contributed by atoms with Crippen LogP contribution in [0.1, 0.15) is 37.7 Å². The largest absolute Gasteiger partial charge is 0.399 e. The Bertz CT molecular complexity index is 790. The third-order valence-corrected chi connectivity index (χ3v) is 7.39. The number of nitrogens with zero attached hydrogens (tertiary/aromatic N) is 1. The Kier molecular flexibility index (Phi) is 4.74. The van der Waals surface area contributed by atoms with Crippen molar-refractivity contribution in [3.8, 4) is 0 Å². The van der Waals surface area contributed by atoms with Crippen LogP contribution in [0.2, 0.25) is 0 Å². The molecule has 2 unspecified atom stereocenters. The molecule has 132 valence electrons. The Balaban J connectivity index is 1.77. The number of rotatable bonds is 4. The Morgan fingerprint density at radius 2 is 2.00 bits per heavy atom. The molecule has 2 bridgehead atoms. The maximum atomic E-state index is 10.6. The van der Waals surface area contributed by atoms with Gasteiger partial charge in [-0.2, -0.15) is 11.8 Å².